The Morgan fingerprint density at radius 1 is 1.11 bits per heavy atom. The van der Waals surface area contributed by atoms with Crippen LogP contribution in [0.15, 0.2) is 0 Å². The molecule has 2 nitrogen and oxygen atoms in total. The quantitative estimate of drug-likeness (QED) is 0.577. The van der Waals surface area contributed by atoms with E-state index in [2.05, 4.69) is 0 Å². The Kier molecular flexibility index (Phi) is 2.82. The molecule has 3 heteroatoms. The Bertz CT molecular complexity index is 77.1. The maximum atomic E-state index is 8.74. The summed E-state index contributed by atoms with van der Waals surface area (Å²) in [6, 6.07) is 0. The van der Waals surface area contributed by atoms with E-state index in [1.165, 1.54) is 0 Å². The van der Waals surface area contributed by atoms with Crippen LogP contribution in [-0.2, 0) is 0 Å². The zero-order chi connectivity index (χ0) is 6.69. The lowest BCUT2D eigenvalue weighted by atomic mass is 9.98. The zero-order valence-corrected chi connectivity index (χ0v) is 6.10. The zero-order valence-electron chi connectivity index (χ0n) is 5.29. The van der Waals surface area contributed by atoms with Gasteiger partial charge in [-0.2, -0.15) is 11.8 Å². The lowest BCUT2D eigenvalue weighted by Crippen LogP contribution is -2.19. The summed E-state index contributed by atoms with van der Waals surface area (Å²) in [4.78, 5) is 0. The number of hydrogen-bond acceptors (Lipinski definition) is 3. The highest BCUT2D eigenvalue weighted by molar-refractivity contribution is 7.99. The van der Waals surface area contributed by atoms with Crippen LogP contribution in [0, 0.1) is 11.8 Å². The second kappa shape index (κ2) is 3.44. The maximum Gasteiger partial charge on any atom is 0.0470 e. The minimum atomic E-state index is 0.234. The van der Waals surface area contributed by atoms with Crippen LogP contribution in [0.2, 0.25) is 0 Å². The van der Waals surface area contributed by atoms with Gasteiger partial charge in [-0.25, -0.2) is 0 Å². The highest BCUT2D eigenvalue weighted by Crippen LogP contribution is 2.28. The fraction of sp³-hybridized carbons (Fsp3) is 1.00. The third-order valence-corrected chi connectivity index (χ3v) is 3.13. The third-order valence-electron chi connectivity index (χ3n) is 1.80. The molecule has 0 bridgehead atoms. The van der Waals surface area contributed by atoms with Crippen molar-refractivity contribution in [1.82, 2.24) is 0 Å². The largest absolute Gasteiger partial charge is 0.396 e. The maximum absolute atomic E-state index is 8.74. The van der Waals surface area contributed by atoms with Gasteiger partial charge in [-0.1, -0.05) is 0 Å². The minimum Gasteiger partial charge on any atom is -0.396 e. The molecule has 0 radical (unpaired) electrons. The first kappa shape index (κ1) is 7.38. The summed E-state index contributed by atoms with van der Waals surface area (Å²) in [7, 11) is 0. The topological polar surface area (TPSA) is 40.5 Å². The van der Waals surface area contributed by atoms with Crippen molar-refractivity contribution in [2.24, 2.45) is 11.8 Å². The summed E-state index contributed by atoms with van der Waals surface area (Å²) < 4.78 is 0. The average Bonchev–Trinajstić information content (AvgIpc) is 2.33. The predicted octanol–water partition coefficient (Wildman–Crippen LogP) is -0.0498. The predicted molar refractivity (Wildman–Crippen MR) is 38.5 cm³/mol. The molecule has 0 spiro atoms. The Hall–Kier alpha value is 0.270. The van der Waals surface area contributed by atoms with E-state index in [0.29, 0.717) is 11.8 Å². The van der Waals surface area contributed by atoms with Crippen molar-refractivity contribution in [1.29, 1.82) is 0 Å². The second-order valence-corrected chi connectivity index (χ2v) is 3.50. The standard InChI is InChI=1S/C6H12O2S/c7-1-5-3-9-4-6(5)2-8/h5-8H,1-4H2/t5-,6-/m1/s1. The number of aliphatic hydroxyl groups excluding tert-OH is 2. The van der Waals surface area contributed by atoms with E-state index in [4.69, 9.17) is 10.2 Å². The molecule has 0 unspecified atom stereocenters. The van der Waals surface area contributed by atoms with Crippen molar-refractivity contribution in [3.63, 3.8) is 0 Å². The molecule has 0 amide bonds. The first-order valence-electron chi connectivity index (χ1n) is 3.18. The molecule has 9 heavy (non-hydrogen) atoms. The van der Waals surface area contributed by atoms with Crippen LogP contribution in [0.5, 0.6) is 0 Å². The molecule has 1 aliphatic heterocycles. The summed E-state index contributed by atoms with van der Waals surface area (Å²) in [5.41, 5.74) is 0. The van der Waals surface area contributed by atoms with Gasteiger partial charge >= 0.3 is 0 Å². The molecule has 1 heterocycles. The monoisotopic (exact) mass is 148 g/mol. The van der Waals surface area contributed by atoms with Crippen molar-refractivity contribution in [3.8, 4) is 0 Å². The van der Waals surface area contributed by atoms with Crippen LogP contribution in [0.3, 0.4) is 0 Å². The SMILES string of the molecule is OC[C@@H]1CSC[C@H]1CO. The van der Waals surface area contributed by atoms with Gasteiger partial charge in [0, 0.05) is 13.2 Å². The van der Waals surface area contributed by atoms with E-state index < -0.39 is 0 Å². The molecule has 54 valence electrons. The van der Waals surface area contributed by atoms with Gasteiger partial charge in [0.05, 0.1) is 0 Å². The fourth-order valence-corrected chi connectivity index (χ4v) is 2.54. The molecule has 0 aromatic rings. The third kappa shape index (κ3) is 1.60. The van der Waals surface area contributed by atoms with Gasteiger partial charge in [0.25, 0.3) is 0 Å². The summed E-state index contributed by atoms with van der Waals surface area (Å²) in [5.74, 6) is 2.73. The van der Waals surface area contributed by atoms with E-state index in [1.54, 1.807) is 0 Å². The van der Waals surface area contributed by atoms with Crippen LogP contribution in [0.4, 0.5) is 0 Å². The average molecular weight is 148 g/mol. The summed E-state index contributed by atoms with van der Waals surface area (Å²) in [6.07, 6.45) is 0. The first-order chi connectivity index (χ1) is 4.38. The smallest absolute Gasteiger partial charge is 0.0470 e. The van der Waals surface area contributed by atoms with Gasteiger partial charge in [0.15, 0.2) is 0 Å². The lowest BCUT2D eigenvalue weighted by Gasteiger charge is -2.11. The highest BCUT2D eigenvalue weighted by Gasteiger charge is 2.25. The van der Waals surface area contributed by atoms with Crippen LogP contribution in [0.1, 0.15) is 0 Å². The van der Waals surface area contributed by atoms with Crippen molar-refractivity contribution in [2.45, 2.75) is 0 Å². The Morgan fingerprint density at radius 2 is 1.56 bits per heavy atom. The van der Waals surface area contributed by atoms with Gasteiger partial charge in [-0.05, 0) is 23.3 Å². The van der Waals surface area contributed by atoms with E-state index in [9.17, 15) is 0 Å². The Morgan fingerprint density at radius 3 is 1.89 bits per heavy atom. The van der Waals surface area contributed by atoms with Crippen molar-refractivity contribution in [2.75, 3.05) is 24.7 Å². The van der Waals surface area contributed by atoms with E-state index in [0.717, 1.165) is 11.5 Å². The van der Waals surface area contributed by atoms with Crippen LogP contribution in [-0.4, -0.2) is 34.9 Å². The lowest BCUT2D eigenvalue weighted by molar-refractivity contribution is 0.152. The Labute approximate surface area is 59.3 Å². The number of aliphatic hydroxyl groups is 2. The fourth-order valence-electron chi connectivity index (χ4n) is 1.05. The van der Waals surface area contributed by atoms with Crippen molar-refractivity contribution in [3.05, 3.63) is 0 Å². The molecule has 2 atom stereocenters. The first-order valence-corrected chi connectivity index (χ1v) is 4.33. The Balaban J connectivity index is 2.32. The molecular weight excluding hydrogens is 136 g/mol. The second-order valence-electron chi connectivity index (χ2n) is 2.42. The van der Waals surface area contributed by atoms with Crippen molar-refractivity contribution >= 4 is 11.8 Å². The van der Waals surface area contributed by atoms with Gasteiger partial charge in [-0.3, -0.25) is 0 Å². The molecule has 0 aromatic carbocycles. The van der Waals surface area contributed by atoms with Crippen LogP contribution in [0.25, 0.3) is 0 Å². The van der Waals surface area contributed by atoms with Crippen molar-refractivity contribution < 1.29 is 10.2 Å². The molecule has 1 rings (SSSR count). The summed E-state index contributed by atoms with van der Waals surface area (Å²) >= 11 is 1.82. The molecule has 1 saturated heterocycles. The molecule has 2 N–H and O–H groups in total. The van der Waals surface area contributed by atoms with Gasteiger partial charge < -0.3 is 10.2 Å². The number of thioether (sulfide) groups is 1. The van der Waals surface area contributed by atoms with Crippen LogP contribution >= 0.6 is 11.8 Å². The highest BCUT2D eigenvalue weighted by atomic mass is 32.2. The summed E-state index contributed by atoms with van der Waals surface area (Å²) in [5, 5.41) is 17.5. The van der Waals surface area contributed by atoms with E-state index in [-0.39, 0.29) is 13.2 Å². The van der Waals surface area contributed by atoms with Gasteiger partial charge in [0.2, 0.25) is 0 Å². The van der Waals surface area contributed by atoms with Gasteiger partial charge in [-0.15, -0.1) is 0 Å². The number of rotatable bonds is 2. The summed E-state index contributed by atoms with van der Waals surface area (Å²) in [6.45, 7) is 0.469. The van der Waals surface area contributed by atoms with E-state index in [1.807, 2.05) is 11.8 Å². The molecule has 1 fully saturated rings. The van der Waals surface area contributed by atoms with E-state index >= 15 is 0 Å². The number of hydrogen-bond donors (Lipinski definition) is 2. The normalized spacial score (nSPS) is 35.3. The molecule has 0 aromatic heterocycles. The molecule has 0 aliphatic carbocycles. The van der Waals surface area contributed by atoms with Crippen LogP contribution < -0.4 is 0 Å². The minimum absolute atomic E-state index is 0.234. The van der Waals surface area contributed by atoms with Gasteiger partial charge in [0.1, 0.15) is 0 Å². The molecular formula is C6H12O2S. The molecule has 0 saturated carbocycles. The molecule has 1 aliphatic rings.